The molecular formula is C12H17BrN2O2. The minimum atomic E-state index is -0.0283. The first-order valence-electron chi connectivity index (χ1n) is 5.88. The van der Waals surface area contributed by atoms with E-state index >= 15 is 0 Å². The van der Waals surface area contributed by atoms with Gasteiger partial charge >= 0.3 is 0 Å². The van der Waals surface area contributed by atoms with E-state index in [1.807, 2.05) is 18.7 Å². The van der Waals surface area contributed by atoms with E-state index in [4.69, 9.17) is 4.42 Å². The Morgan fingerprint density at radius 2 is 2.35 bits per heavy atom. The molecule has 1 amide bonds. The lowest BCUT2D eigenvalue weighted by Crippen LogP contribution is -2.45. The van der Waals surface area contributed by atoms with Gasteiger partial charge in [0.1, 0.15) is 0 Å². The predicted octanol–water partition coefficient (Wildman–Crippen LogP) is 2.25. The van der Waals surface area contributed by atoms with E-state index in [0.717, 1.165) is 19.5 Å². The van der Waals surface area contributed by atoms with Gasteiger partial charge in [0.2, 0.25) is 0 Å². The van der Waals surface area contributed by atoms with Gasteiger partial charge in [-0.15, -0.1) is 0 Å². The molecular weight excluding hydrogens is 284 g/mol. The summed E-state index contributed by atoms with van der Waals surface area (Å²) >= 11 is 3.22. The predicted molar refractivity (Wildman–Crippen MR) is 69.0 cm³/mol. The average molecular weight is 301 g/mol. The number of nitrogens with zero attached hydrogens (tertiary/aromatic N) is 1. The highest BCUT2D eigenvalue weighted by atomic mass is 79.9. The lowest BCUT2D eigenvalue weighted by Gasteiger charge is -2.31. The number of rotatable bonds is 3. The van der Waals surface area contributed by atoms with Crippen LogP contribution in [0.4, 0.5) is 0 Å². The van der Waals surface area contributed by atoms with Crippen LogP contribution in [0.3, 0.4) is 0 Å². The molecule has 4 nitrogen and oxygen atoms in total. The van der Waals surface area contributed by atoms with Crippen molar-refractivity contribution in [3.63, 3.8) is 0 Å². The summed E-state index contributed by atoms with van der Waals surface area (Å²) in [6.07, 6.45) is 1.01. The van der Waals surface area contributed by atoms with Gasteiger partial charge in [0, 0.05) is 18.6 Å². The lowest BCUT2D eigenvalue weighted by atomic mass is 10.1. The summed E-state index contributed by atoms with van der Waals surface area (Å²) in [5.74, 6) is 0.372. The fourth-order valence-electron chi connectivity index (χ4n) is 2.26. The molecule has 1 atom stereocenters. The number of halogens is 1. The molecule has 0 radical (unpaired) electrons. The minimum Gasteiger partial charge on any atom is -0.444 e. The number of nitrogens with one attached hydrogen (secondary N) is 1. The standard InChI is InChI=1S/C12H17BrN2O2/c1-8(2)15(9-5-6-14-7-9)12(16)10-3-4-11(13)17-10/h3-4,8-9,14H,5-7H2,1-2H3. The third-order valence-electron chi connectivity index (χ3n) is 3.00. The Morgan fingerprint density at radius 1 is 1.59 bits per heavy atom. The second-order valence-electron chi connectivity index (χ2n) is 4.56. The summed E-state index contributed by atoms with van der Waals surface area (Å²) in [5, 5.41) is 3.29. The molecule has 94 valence electrons. The van der Waals surface area contributed by atoms with Gasteiger partial charge in [-0.2, -0.15) is 0 Å². The molecule has 0 saturated carbocycles. The number of furan rings is 1. The fourth-order valence-corrected chi connectivity index (χ4v) is 2.56. The van der Waals surface area contributed by atoms with Crippen LogP contribution in [0.25, 0.3) is 0 Å². The molecule has 0 spiro atoms. The fraction of sp³-hybridized carbons (Fsp3) is 0.583. The Labute approximate surface area is 109 Å². The maximum absolute atomic E-state index is 12.4. The second-order valence-corrected chi connectivity index (χ2v) is 5.34. The molecule has 1 aliphatic heterocycles. The third kappa shape index (κ3) is 2.72. The normalized spacial score (nSPS) is 19.9. The van der Waals surface area contributed by atoms with Crippen LogP contribution in [0.1, 0.15) is 30.8 Å². The number of carbonyl (C=O) groups is 1. The van der Waals surface area contributed by atoms with E-state index in [1.165, 1.54) is 0 Å². The van der Waals surface area contributed by atoms with E-state index in [-0.39, 0.29) is 18.0 Å². The molecule has 0 aromatic carbocycles. The summed E-state index contributed by atoms with van der Waals surface area (Å²) < 4.78 is 5.93. The van der Waals surface area contributed by atoms with Crippen LogP contribution in [-0.4, -0.2) is 36.0 Å². The first kappa shape index (κ1) is 12.6. The highest BCUT2D eigenvalue weighted by Gasteiger charge is 2.30. The number of hydrogen-bond acceptors (Lipinski definition) is 3. The maximum atomic E-state index is 12.4. The molecule has 1 saturated heterocycles. The lowest BCUT2D eigenvalue weighted by molar-refractivity contribution is 0.0592. The summed E-state index contributed by atoms with van der Waals surface area (Å²) in [6, 6.07) is 3.91. The van der Waals surface area contributed by atoms with Crippen molar-refractivity contribution in [2.24, 2.45) is 0 Å². The van der Waals surface area contributed by atoms with Crippen molar-refractivity contribution < 1.29 is 9.21 Å². The van der Waals surface area contributed by atoms with Gasteiger partial charge < -0.3 is 14.6 Å². The van der Waals surface area contributed by atoms with Crippen LogP contribution in [0.5, 0.6) is 0 Å². The topological polar surface area (TPSA) is 45.5 Å². The van der Waals surface area contributed by atoms with Crippen LogP contribution >= 0.6 is 15.9 Å². The number of amides is 1. The highest BCUT2D eigenvalue weighted by molar-refractivity contribution is 9.10. The molecule has 1 unspecified atom stereocenters. The molecule has 1 fully saturated rings. The number of hydrogen-bond donors (Lipinski definition) is 1. The van der Waals surface area contributed by atoms with Gasteiger partial charge in [-0.3, -0.25) is 4.79 Å². The second kappa shape index (κ2) is 5.23. The number of carbonyl (C=O) groups excluding carboxylic acids is 1. The van der Waals surface area contributed by atoms with Crippen molar-refractivity contribution in [1.82, 2.24) is 10.2 Å². The Balaban J connectivity index is 2.18. The molecule has 1 aliphatic rings. The molecule has 2 rings (SSSR count). The zero-order valence-corrected chi connectivity index (χ0v) is 11.7. The first-order chi connectivity index (χ1) is 8.09. The average Bonchev–Trinajstić information content (AvgIpc) is 2.88. The summed E-state index contributed by atoms with van der Waals surface area (Å²) in [5.41, 5.74) is 0. The zero-order chi connectivity index (χ0) is 12.4. The Kier molecular flexibility index (Phi) is 3.89. The molecule has 0 bridgehead atoms. The molecule has 0 aliphatic carbocycles. The van der Waals surface area contributed by atoms with Crippen LogP contribution in [0.15, 0.2) is 21.2 Å². The van der Waals surface area contributed by atoms with E-state index in [2.05, 4.69) is 21.2 Å². The van der Waals surface area contributed by atoms with Gasteiger partial charge in [-0.05, 0) is 54.9 Å². The molecule has 1 aromatic heterocycles. The van der Waals surface area contributed by atoms with Crippen molar-refractivity contribution in [3.05, 3.63) is 22.6 Å². The molecule has 1 aromatic rings. The third-order valence-corrected chi connectivity index (χ3v) is 3.43. The maximum Gasteiger partial charge on any atom is 0.290 e. The van der Waals surface area contributed by atoms with Crippen molar-refractivity contribution in [2.45, 2.75) is 32.4 Å². The summed E-state index contributed by atoms with van der Waals surface area (Å²) in [7, 11) is 0. The molecule has 5 heteroatoms. The molecule has 17 heavy (non-hydrogen) atoms. The van der Waals surface area contributed by atoms with Crippen LogP contribution in [-0.2, 0) is 0 Å². The van der Waals surface area contributed by atoms with Crippen LogP contribution in [0.2, 0.25) is 0 Å². The smallest absolute Gasteiger partial charge is 0.290 e. The summed E-state index contributed by atoms with van der Waals surface area (Å²) in [4.78, 5) is 14.3. The van der Waals surface area contributed by atoms with Gasteiger partial charge in [0.25, 0.3) is 5.91 Å². The van der Waals surface area contributed by atoms with E-state index in [0.29, 0.717) is 10.4 Å². The Morgan fingerprint density at radius 3 is 2.82 bits per heavy atom. The monoisotopic (exact) mass is 300 g/mol. The molecule has 2 heterocycles. The van der Waals surface area contributed by atoms with Gasteiger partial charge in [0.15, 0.2) is 10.4 Å². The highest BCUT2D eigenvalue weighted by Crippen LogP contribution is 2.20. The summed E-state index contributed by atoms with van der Waals surface area (Å²) in [6.45, 7) is 5.91. The Hall–Kier alpha value is -0.810. The first-order valence-corrected chi connectivity index (χ1v) is 6.67. The van der Waals surface area contributed by atoms with Gasteiger partial charge in [-0.25, -0.2) is 0 Å². The SMILES string of the molecule is CC(C)N(C(=O)c1ccc(Br)o1)C1CCNC1. The molecule has 1 N–H and O–H groups in total. The Bertz CT molecular complexity index is 397. The van der Waals surface area contributed by atoms with Crippen molar-refractivity contribution in [3.8, 4) is 0 Å². The largest absolute Gasteiger partial charge is 0.444 e. The van der Waals surface area contributed by atoms with E-state index in [9.17, 15) is 4.79 Å². The van der Waals surface area contributed by atoms with Crippen LogP contribution in [0, 0.1) is 0 Å². The van der Waals surface area contributed by atoms with Crippen molar-refractivity contribution >= 4 is 21.8 Å². The van der Waals surface area contributed by atoms with Gasteiger partial charge in [0.05, 0.1) is 0 Å². The van der Waals surface area contributed by atoms with Crippen LogP contribution < -0.4 is 5.32 Å². The zero-order valence-electron chi connectivity index (χ0n) is 10.1. The van der Waals surface area contributed by atoms with Crippen molar-refractivity contribution in [1.29, 1.82) is 0 Å². The minimum absolute atomic E-state index is 0.0283. The van der Waals surface area contributed by atoms with Crippen molar-refractivity contribution in [2.75, 3.05) is 13.1 Å². The van der Waals surface area contributed by atoms with E-state index in [1.54, 1.807) is 12.1 Å². The van der Waals surface area contributed by atoms with Gasteiger partial charge in [-0.1, -0.05) is 0 Å². The van der Waals surface area contributed by atoms with E-state index < -0.39 is 0 Å². The quantitative estimate of drug-likeness (QED) is 0.931.